The highest BCUT2D eigenvalue weighted by molar-refractivity contribution is 5.84. The molecule has 1 aromatic rings. The number of hydrogen-bond donors (Lipinski definition) is 1. The number of ether oxygens (including phenoxy) is 1. The number of carbonyl (C=O) groups is 2. The van der Waals surface area contributed by atoms with Crippen LogP contribution in [0.1, 0.15) is 18.9 Å². The van der Waals surface area contributed by atoms with Crippen molar-refractivity contribution in [2.75, 3.05) is 6.54 Å². The molecule has 6 heteroatoms. The van der Waals surface area contributed by atoms with E-state index in [2.05, 4.69) is 0 Å². The SMILES string of the molecule is C[C@]1(C(=O)O)C[C@H](F)CN1C(=O)OCc1ccccc1. The van der Waals surface area contributed by atoms with Crippen LogP contribution in [0.4, 0.5) is 9.18 Å². The maximum atomic E-state index is 13.4. The van der Waals surface area contributed by atoms with E-state index in [1.807, 2.05) is 6.07 Å². The van der Waals surface area contributed by atoms with Crippen molar-refractivity contribution in [2.45, 2.75) is 31.7 Å². The number of alkyl halides is 1. The highest BCUT2D eigenvalue weighted by atomic mass is 19.1. The van der Waals surface area contributed by atoms with E-state index in [0.717, 1.165) is 10.5 Å². The van der Waals surface area contributed by atoms with E-state index in [0.29, 0.717) is 0 Å². The van der Waals surface area contributed by atoms with Crippen molar-refractivity contribution >= 4 is 12.1 Å². The summed E-state index contributed by atoms with van der Waals surface area (Å²) in [5, 5.41) is 9.18. The Kier molecular flexibility index (Phi) is 3.92. The van der Waals surface area contributed by atoms with Crippen molar-refractivity contribution in [1.29, 1.82) is 0 Å². The number of carboxylic acids is 1. The molecule has 1 heterocycles. The minimum absolute atomic E-state index is 0.0306. The average Bonchev–Trinajstić information content (AvgIpc) is 2.74. The van der Waals surface area contributed by atoms with Gasteiger partial charge in [-0.2, -0.15) is 0 Å². The fourth-order valence-electron chi connectivity index (χ4n) is 2.28. The lowest BCUT2D eigenvalue weighted by Gasteiger charge is -2.29. The Morgan fingerprint density at radius 3 is 2.70 bits per heavy atom. The lowest BCUT2D eigenvalue weighted by molar-refractivity contribution is -0.147. The van der Waals surface area contributed by atoms with Crippen LogP contribution in [-0.2, 0) is 16.1 Å². The molecule has 0 unspecified atom stereocenters. The van der Waals surface area contributed by atoms with Gasteiger partial charge in [-0.1, -0.05) is 30.3 Å². The van der Waals surface area contributed by atoms with E-state index in [1.165, 1.54) is 6.92 Å². The van der Waals surface area contributed by atoms with E-state index in [4.69, 9.17) is 4.74 Å². The number of rotatable bonds is 3. The first kappa shape index (κ1) is 14.3. The third-order valence-corrected chi connectivity index (χ3v) is 3.48. The summed E-state index contributed by atoms with van der Waals surface area (Å²) < 4.78 is 18.5. The molecule has 108 valence electrons. The molecule has 2 atom stereocenters. The van der Waals surface area contributed by atoms with Crippen LogP contribution in [0.3, 0.4) is 0 Å². The maximum Gasteiger partial charge on any atom is 0.411 e. The first-order chi connectivity index (χ1) is 9.43. The number of carbonyl (C=O) groups excluding carboxylic acids is 1. The lowest BCUT2D eigenvalue weighted by atomic mass is 9.99. The summed E-state index contributed by atoms with van der Waals surface area (Å²) in [7, 11) is 0. The zero-order chi connectivity index (χ0) is 14.8. The van der Waals surface area contributed by atoms with Crippen LogP contribution in [0.25, 0.3) is 0 Å². The number of likely N-dealkylation sites (tertiary alicyclic amines) is 1. The first-order valence-corrected chi connectivity index (χ1v) is 6.29. The second-order valence-electron chi connectivity index (χ2n) is 5.03. The average molecular weight is 281 g/mol. The molecule has 0 aliphatic carbocycles. The molecule has 0 bridgehead atoms. The van der Waals surface area contributed by atoms with E-state index < -0.39 is 23.8 Å². The van der Waals surface area contributed by atoms with Crippen molar-refractivity contribution < 1.29 is 23.8 Å². The van der Waals surface area contributed by atoms with Crippen molar-refractivity contribution in [1.82, 2.24) is 4.90 Å². The molecule has 20 heavy (non-hydrogen) atoms. The second kappa shape index (κ2) is 5.48. The molecule has 0 saturated carbocycles. The van der Waals surface area contributed by atoms with Gasteiger partial charge in [-0.05, 0) is 12.5 Å². The molecule has 5 nitrogen and oxygen atoms in total. The third-order valence-electron chi connectivity index (χ3n) is 3.48. The molecule has 1 aromatic carbocycles. The Labute approximate surface area is 116 Å². The van der Waals surface area contributed by atoms with Gasteiger partial charge in [0.1, 0.15) is 18.3 Å². The fourth-order valence-corrected chi connectivity index (χ4v) is 2.28. The standard InChI is InChI=1S/C14H16FNO4/c1-14(12(17)18)7-11(15)8-16(14)13(19)20-9-10-5-3-2-4-6-10/h2-6,11H,7-9H2,1H3,(H,17,18)/t11-,14+/m0/s1. The van der Waals surface area contributed by atoms with Crippen LogP contribution in [-0.4, -0.2) is 40.3 Å². The lowest BCUT2D eigenvalue weighted by Crippen LogP contribution is -2.50. The summed E-state index contributed by atoms with van der Waals surface area (Å²) in [4.78, 5) is 24.1. The van der Waals surface area contributed by atoms with Gasteiger partial charge in [-0.25, -0.2) is 14.0 Å². The summed E-state index contributed by atoms with van der Waals surface area (Å²) in [6.07, 6.45) is -2.37. The van der Waals surface area contributed by atoms with E-state index in [-0.39, 0.29) is 19.6 Å². The van der Waals surface area contributed by atoms with Crippen molar-refractivity contribution in [3.05, 3.63) is 35.9 Å². The molecule has 0 radical (unpaired) electrons. The minimum atomic E-state index is -1.55. The van der Waals surface area contributed by atoms with E-state index in [1.54, 1.807) is 24.3 Å². The molecular weight excluding hydrogens is 265 g/mol. The topological polar surface area (TPSA) is 66.8 Å². The fraction of sp³-hybridized carbons (Fsp3) is 0.429. The van der Waals surface area contributed by atoms with Crippen LogP contribution in [0.5, 0.6) is 0 Å². The minimum Gasteiger partial charge on any atom is -0.480 e. The van der Waals surface area contributed by atoms with E-state index >= 15 is 0 Å². The van der Waals surface area contributed by atoms with Gasteiger partial charge in [0.15, 0.2) is 0 Å². The molecule has 1 aliphatic rings. The summed E-state index contributed by atoms with van der Waals surface area (Å²) in [6.45, 7) is 1.11. The number of hydrogen-bond acceptors (Lipinski definition) is 3. The summed E-state index contributed by atoms with van der Waals surface area (Å²) >= 11 is 0. The summed E-state index contributed by atoms with van der Waals surface area (Å²) in [5.41, 5.74) is -0.762. The molecule has 1 N–H and O–H groups in total. The Morgan fingerprint density at radius 2 is 2.10 bits per heavy atom. The maximum absolute atomic E-state index is 13.4. The third kappa shape index (κ3) is 2.74. The smallest absolute Gasteiger partial charge is 0.411 e. The Hall–Kier alpha value is -2.11. The van der Waals surface area contributed by atoms with Crippen molar-refractivity contribution in [3.8, 4) is 0 Å². The number of nitrogens with zero attached hydrogens (tertiary/aromatic N) is 1. The zero-order valence-corrected chi connectivity index (χ0v) is 11.1. The highest BCUT2D eigenvalue weighted by Crippen LogP contribution is 2.32. The van der Waals surface area contributed by atoms with Gasteiger partial charge in [-0.3, -0.25) is 4.90 Å². The van der Waals surface area contributed by atoms with Gasteiger partial charge >= 0.3 is 12.1 Å². The molecule has 0 spiro atoms. The van der Waals surface area contributed by atoms with Gasteiger partial charge in [-0.15, -0.1) is 0 Å². The van der Waals surface area contributed by atoms with Gasteiger partial charge in [0, 0.05) is 6.42 Å². The number of aliphatic carboxylic acids is 1. The number of halogens is 1. The monoisotopic (exact) mass is 281 g/mol. The summed E-state index contributed by atoms with van der Waals surface area (Å²) in [5.74, 6) is -1.23. The highest BCUT2D eigenvalue weighted by Gasteiger charge is 2.51. The predicted molar refractivity (Wildman–Crippen MR) is 68.9 cm³/mol. The molecule has 0 aromatic heterocycles. The second-order valence-corrected chi connectivity index (χ2v) is 5.03. The predicted octanol–water partition coefficient (Wildman–Crippen LogP) is 2.21. The zero-order valence-electron chi connectivity index (χ0n) is 11.1. The Morgan fingerprint density at radius 1 is 1.45 bits per heavy atom. The molecule has 1 aliphatic heterocycles. The molecule has 1 amide bonds. The van der Waals surface area contributed by atoms with Crippen LogP contribution >= 0.6 is 0 Å². The number of amides is 1. The molecule has 2 rings (SSSR count). The Balaban J connectivity index is 2.03. The largest absolute Gasteiger partial charge is 0.480 e. The van der Waals surface area contributed by atoms with Gasteiger partial charge in [0.05, 0.1) is 6.54 Å². The van der Waals surface area contributed by atoms with Gasteiger partial charge in [0.2, 0.25) is 0 Å². The van der Waals surface area contributed by atoms with Crippen LogP contribution in [0, 0.1) is 0 Å². The first-order valence-electron chi connectivity index (χ1n) is 6.29. The van der Waals surface area contributed by atoms with Crippen LogP contribution in [0.2, 0.25) is 0 Å². The summed E-state index contributed by atoms with van der Waals surface area (Å²) in [6, 6.07) is 9.01. The Bertz CT molecular complexity index is 507. The van der Waals surface area contributed by atoms with Crippen molar-refractivity contribution in [3.63, 3.8) is 0 Å². The van der Waals surface area contributed by atoms with Crippen LogP contribution in [0.15, 0.2) is 30.3 Å². The number of carboxylic acid groups (broad SMARTS) is 1. The van der Waals surface area contributed by atoms with E-state index in [9.17, 15) is 19.1 Å². The quantitative estimate of drug-likeness (QED) is 0.922. The molecule has 1 saturated heterocycles. The van der Waals surface area contributed by atoms with Gasteiger partial charge < -0.3 is 9.84 Å². The van der Waals surface area contributed by atoms with Crippen LogP contribution < -0.4 is 0 Å². The number of benzene rings is 1. The molecule has 1 fully saturated rings. The van der Waals surface area contributed by atoms with Crippen molar-refractivity contribution in [2.24, 2.45) is 0 Å². The molecular formula is C14H16FNO4. The normalized spacial score (nSPS) is 25.5. The van der Waals surface area contributed by atoms with Gasteiger partial charge in [0.25, 0.3) is 0 Å².